The van der Waals surface area contributed by atoms with E-state index >= 15 is 0 Å². The lowest BCUT2D eigenvalue weighted by molar-refractivity contribution is -0.131. The molecular weight excluding hydrogens is 230 g/mol. The van der Waals surface area contributed by atoms with Crippen molar-refractivity contribution < 1.29 is 9.59 Å². The highest BCUT2D eigenvalue weighted by molar-refractivity contribution is 6.27. The second-order valence-electron chi connectivity index (χ2n) is 3.41. The maximum absolute atomic E-state index is 11.7. The fourth-order valence-electron chi connectivity index (χ4n) is 1.17. The summed E-state index contributed by atoms with van der Waals surface area (Å²) in [4.78, 5) is 28.6. The summed E-state index contributed by atoms with van der Waals surface area (Å²) in [6.45, 7) is 0.0211. The van der Waals surface area contributed by atoms with E-state index in [0.717, 1.165) is 5.69 Å². The predicted molar refractivity (Wildman–Crippen MR) is 62.6 cm³/mol. The summed E-state index contributed by atoms with van der Waals surface area (Å²) in [5.74, 6) is -0.546. The molecule has 0 radical (unpaired) electrons. The van der Waals surface area contributed by atoms with Crippen LogP contribution in [0.5, 0.6) is 0 Å². The van der Waals surface area contributed by atoms with Gasteiger partial charge in [-0.2, -0.15) is 0 Å². The number of nitrogens with zero attached hydrogens (tertiary/aromatic N) is 2. The first-order valence-corrected chi connectivity index (χ1v) is 5.29. The van der Waals surface area contributed by atoms with Crippen LogP contribution in [0.4, 0.5) is 5.69 Å². The molecule has 0 aliphatic heterocycles. The summed E-state index contributed by atoms with van der Waals surface area (Å²) in [6.07, 6.45) is 3.44. The molecule has 0 saturated carbocycles. The Bertz CT molecular complexity index is 364. The zero-order valence-corrected chi connectivity index (χ0v) is 9.99. The Kier molecular flexibility index (Phi) is 4.37. The fourth-order valence-corrected chi connectivity index (χ4v) is 1.37. The van der Waals surface area contributed by atoms with Gasteiger partial charge in [0.1, 0.15) is 5.88 Å². The molecule has 0 bridgehead atoms. The third kappa shape index (κ3) is 3.00. The molecule has 1 rings (SSSR count). The van der Waals surface area contributed by atoms with E-state index in [1.54, 1.807) is 32.6 Å². The topological polar surface area (TPSA) is 56.4 Å². The van der Waals surface area contributed by atoms with Crippen LogP contribution in [0.2, 0.25) is 0 Å². The number of anilines is 1. The molecule has 1 aromatic heterocycles. The second-order valence-corrected chi connectivity index (χ2v) is 3.67. The Morgan fingerprint density at radius 2 is 2.06 bits per heavy atom. The van der Waals surface area contributed by atoms with Crippen LogP contribution >= 0.6 is 11.6 Å². The maximum Gasteiger partial charge on any atom is 0.246 e. The largest absolute Gasteiger partial charge is 0.366 e. The summed E-state index contributed by atoms with van der Waals surface area (Å²) in [7, 11) is 3.21. The van der Waals surface area contributed by atoms with Crippen LogP contribution in [-0.4, -0.2) is 48.2 Å². The van der Waals surface area contributed by atoms with Crippen LogP contribution in [0.3, 0.4) is 0 Å². The van der Waals surface area contributed by atoms with E-state index in [0.29, 0.717) is 0 Å². The van der Waals surface area contributed by atoms with Gasteiger partial charge in [0, 0.05) is 26.5 Å². The Hall–Kier alpha value is -1.49. The molecule has 1 N–H and O–H groups in total. The first kappa shape index (κ1) is 12.6. The number of aromatic nitrogens is 1. The van der Waals surface area contributed by atoms with Gasteiger partial charge in [-0.25, -0.2) is 0 Å². The number of H-pyrrole nitrogens is 1. The van der Waals surface area contributed by atoms with E-state index in [-0.39, 0.29) is 24.2 Å². The monoisotopic (exact) mass is 243 g/mol. The molecule has 0 aromatic carbocycles. The third-order valence-corrected chi connectivity index (χ3v) is 2.48. The average Bonchev–Trinajstić information content (AvgIpc) is 2.79. The van der Waals surface area contributed by atoms with Gasteiger partial charge >= 0.3 is 0 Å². The molecule has 0 fully saturated rings. The summed E-state index contributed by atoms with van der Waals surface area (Å²) >= 11 is 5.39. The molecule has 16 heavy (non-hydrogen) atoms. The van der Waals surface area contributed by atoms with E-state index in [1.165, 1.54) is 9.80 Å². The molecule has 0 unspecified atom stereocenters. The second kappa shape index (κ2) is 5.55. The Morgan fingerprint density at radius 1 is 1.38 bits per heavy atom. The van der Waals surface area contributed by atoms with Crippen molar-refractivity contribution in [1.82, 2.24) is 9.88 Å². The van der Waals surface area contributed by atoms with Crippen LogP contribution in [0.25, 0.3) is 0 Å². The zero-order chi connectivity index (χ0) is 12.1. The quantitative estimate of drug-likeness (QED) is 0.791. The van der Waals surface area contributed by atoms with Gasteiger partial charge in [-0.3, -0.25) is 9.59 Å². The summed E-state index contributed by atoms with van der Waals surface area (Å²) in [6, 6.07) is 1.78. The number of aromatic amines is 1. The van der Waals surface area contributed by atoms with Crippen LogP contribution in [0.15, 0.2) is 18.5 Å². The third-order valence-electron chi connectivity index (χ3n) is 2.26. The first-order valence-electron chi connectivity index (χ1n) is 4.75. The molecule has 0 spiro atoms. The van der Waals surface area contributed by atoms with Gasteiger partial charge in [-0.15, -0.1) is 11.6 Å². The summed E-state index contributed by atoms with van der Waals surface area (Å²) in [5, 5.41) is 0. The van der Waals surface area contributed by atoms with Crippen molar-refractivity contribution in [1.29, 1.82) is 0 Å². The number of nitrogens with one attached hydrogen (secondary N) is 1. The maximum atomic E-state index is 11.7. The van der Waals surface area contributed by atoms with Crippen molar-refractivity contribution in [3.63, 3.8) is 0 Å². The van der Waals surface area contributed by atoms with Crippen molar-refractivity contribution in [2.75, 3.05) is 31.4 Å². The van der Waals surface area contributed by atoms with Gasteiger partial charge in [0.2, 0.25) is 11.8 Å². The minimum absolute atomic E-state index is 0.0211. The number of hydrogen-bond acceptors (Lipinski definition) is 2. The molecule has 0 aliphatic rings. The molecule has 0 aliphatic carbocycles. The number of hydrogen-bond donors (Lipinski definition) is 1. The van der Waals surface area contributed by atoms with Crippen molar-refractivity contribution in [3.05, 3.63) is 18.5 Å². The summed E-state index contributed by atoms with van der Waals surface area (Å²) in [5.41, 5.74) is 0.761. The lowest BCUT2D eigenvalue weighted by Gasteiger charge is -2.20. The molecule has 88 valence electrons. The number of rotatable bonds is 4. The molecule has 2 amide bonds. The van der Waals surface area contributed by atoms with Gasteiger partial charge < -0.3 is 14.8 Å². The highest BCUT2D eigenvalue weighted by Crippen LogP contribution is 2.10. The van der Waals surface area contributed by atoms with Gasteiger partial charge in [0.05, 0.1) is 12.2 Å². The number of carbonyl (C=O) groups is 2. The number of halogens is 1. The highest BCUT2D eigenvalue weighted by Gasteiger charge is 2.16. The molecule has 0 saturated heterocycles. The fraction of sp³-hybridized carbons (Fsp3) is 0.400. The zero-order valence-electron chi connectivity index (χ0n) is 9.24. The normalized spacial score (nSPS) is 9.94. The molecule has 1 heterocycles. The predicted octanol–water partition coefficient (Wildman–Crippen LogP) is 0.675. The first-order chi connectivity index (χ1) is 7.56. The van der Waals surface area contributed by atoms with E-state index in [4.69, 9.17) is 11.6 Å². The van der Waals surface area contributed by atoms with Crippen molar-refractivity contribution >= 4 is 29.1 Å². The SMILES string of the molecule is CN(CC(=O)N(C)c1cc[nH]c1)C(=O)CCl. The van der Waals surface area contributed by atoms with Crippen molar-refractivity contribution in [2.24, 2.45) is 0 Å². The number of carbonyl (C=O) groups excluding carboxylic acids is 2. The van der Waals surface area contributed by atoms with Crippen molar-refractivity contribution in [2.45, 2.75) is 0 Å². The van der Waals surface area contributed by atoms with E-state index in [9.17, 15) is 9.59 Å². The highest BCUT2D eigenvalue weighted by atomic mass is 35.5. The number of amides is 2. The van der Waals surface area contributed by atoms with E-state index < -0.39 is 0 Å². The van der Waals surface area contributed by atoms with Crippen LogP contribution in [0.1, 0.15) is 0 Å². The van der Waals surface area contributed by atoms with Gasteiger partial charge in [-0.1, -0.05) is 0 Å². The standard InChI is InChI=1S/C10H14ClN3O2/c1-13(9(15)5-11)7-10(16)14(2)8-3-4-12-6-8/h3-4,6,12H,5,7H2,1-2H3. The summed E-state index contributed by atoms with van der Waals surface area (Å²) < 4.78 is 0. The van der Waals surface area contributed by atoms with Gasteiger partial charge in [0.25, 0.3) is 0 Å². The minimum Gasteiger partial charge on any atom is -0.366 e. The van der Waals surface area contributed by atoms with Gasteiger partial charge in [-0.05, 0) is 6.07 Å². The molecule has 1 aromatic rings. The Morgan fingerprint density at radius 3 is 2.56 bits per heavy atom. The van der Waals surface area contributed by atoms with Crippen LogP contribution in [-0.2, 0) is 9.59 Å². The molecule has 5 nitrogen and oxygen atoms in total. The van der Waals surface area contributed by atoms with Crippen LogP contribution < -0.4 is 4.90 Å². The van der Waals surface area contributed by atoms with Gasteiger partial charge in [0.15, 0.2) is 0 Å². The molecule has 0 atom stereocenters. The lowest BCUT2D eigenvalue weighted by Crippen LogP contribution is -2.39. The van der Waals surface area contributed by atoms with E-state index in [2.05, 4.69) is 4.98 Å². The van der Waals surface area contributed by atoms with E-state index in [1.807, 2.05) is 0 Å². The molecule has 6 heteroatoms. The molecular formula is C10H14ClN3O2. The number of likely N-dealkylation sites (N-methyl/N-ethyl adjacent to an activating group) is 2. The van der Waals surface area contributed by atoms with Crippen molar-refractivity contribution in [3.8, 4) is 0 Å². The smallest absolute Gasteiger partial charge is 0.246 e. The lowest BCUT2D eigenvalue weighted by atomic mass is 10.4. The number of alkyl halides is 1. The minimum atomic E-state index is -0.266. The Labute approximate surface area is 99.0 Å². The Balaban J connectivity index is 2.56. The average molecular weight is 244 g/mol. The van der Waals surface area contributed by atoms with Crippen LogP contribution in [0, 0.1) is 0 Å².